The molecule has 3 N–H and O–H groups in total. The Morgan fingerprint density at radius 3 is 2.38 bits per heavy atom. The van der Waals surface area contributed by atoms with Crippen LogP contribution in [0.4, 0.5) is 4.79 Å². The van der Waals surface area contributed by atoms with Gasteiger partial charge in [0.05, 0.1) is 18.1 Å². The van der Waals surface area contributed by atoms with Gasteiger partial charge in [0.25, 0.3) is 5.91 Å². The van der Waals surface area contributed by atoms with Crippen LogP contribution in [0.1, 0.15) is 6.92 Å². The topological polar surface area (TPSA) is 128 Å². The summed E-state index contributed by atoms with van der Waals surface area (Å²) < 4.78 is 36.8. The second kappa shape index (κ2) is 7.60. The monoisotopic (exact) mass is 357 g/mol. The van der Waals surface area contributed by atoms with Crippen LogP contribution in [-0.2, 0) is 19.6 Å². The Labute approximate surface area is 139 Å². The number of hydrogen-bond donors (Lipinski definition) is 2. The van der Waals surface area contributed by atoms with Gasteiger partial charge in [-0.1, -0.05) is 0 Å². The van der Waals surface area contributed by atoms with E-state index >= 15 is 0 Å². The van der Waals surface area contributed by atoms with Crippen LogP contribution in [0.3, 0.4) is 0 Å². The standard InChI is InChI=1S/C14H19N3O6S/c1-10(13(18)16-14(15)19)23-11-2-4-12(5-3-11)24(20,21)17-6-8-22-9-7-17/h2-5,10H,6-9H2,1H3,(H3,15,16,18,19)/t10-/m1/s1. The number of nitrogens with zero attached hydrogens (tertiary/aromatic N) is 1. The number of morpholine rings is 1. The lowest BCUT2D eigenvalue weighted by Gasteiger charge is -2.26. The third-order valence-electron chi connectivity index (χ3n) is 3.36. The van der Waals surface area contributed by atoms with Crippen LogP contribution in [0.2, 0.25) is 0 Å². The number of amides is 3. The molecule has 24 heavy (non-hydrogen) atoms. The molecular weight excluding hydrogens is 338 g/mol. The number of imide groups is 1. The summed E-state index contributed by atoms with van der Waals surface area (Å²) in [5, 5.41) is 1.90. The lowest BCUT2D eigenvalue weighted by atomic mass is 10.3. The largest absolute Gasteiger partial charge is 0.481 e. The van der Waals surface area contributed by atoms with Crippen molar-refractivity contribution < 1.29 is 27.5 Å². The minimum absolute atomic E-state index is 0.131. The molecule has 0 spiro atoms. The van der Waals surface area contributed by atoms with Crippen LogP contribution in [-0.4, -0.2) is 57.1 Å². The van der Waals surface area contributed by atoms with Gasteiger partial charge in [-0.05, 0) is 31.2 Å². The summed E-state index contributed by atoms with van der Waals surface area (Å²) in [6.45, 7) is 2.80. The third kappa shape index (κ3) is 4.43. The summed E-state index contributed by atoms with van der Waals surface area (Å²) in [4.78, 5) is 22.3. The second-order valence-corrected chi connectivity index (χ2v) is 7.04. The Kier molecular flexibility index (Phi) is 5.75. The van der Waals surface area contributed by atoms with Crippen molar-refractivity contribution in [2.24, 2.45) is 5.73 Å². The molecule has 0 bridgehead atoms. The van der Waals surface area contributed by atoms with E-state index in [1.807, 2.05) is 5.32 Å². The van der Waals surface area contributed by atoms with Crippen molar-refractivity contribution in [1.82, 2.24) is 9.62 Å². The maximum atomic E-state index is 12.5. The smallest absolute Gasteiger partial charge is 0.318 e. The van der Waals surface area contributed by atoms with Gasteiger partial charge in [0.2, 0.25) is 10.0 Å². The van der Waals surface area contributed by atoms with Crippen molar-refractivity contribution in [3.8, 4) is 5.75 Å². The minimum Gasteiger partial charge on any atom is -0.481 e. The average Bonchev–Trinajstić information content (AvgIpc) is 2.55. The molecule has 0 aromatic heterocycles. The predicted molar refractivity (Wildman–Crippen MR) is 83.8 cm³/mol. The molecule has 1 atom stereocenters. The third-order valence-corrected chi connectivity index (χ3v) is 5.27. The summed E-state index contributed by atoms with van der Waals surface area (Å²) in [6.07, 6.45) is -0.959. The number of ether oxygens (including phenoxy) is 2. The summed E-state index contributed by atoms with van der Waals surface area (Å²) in [5.41, 5.74) is 4.86. The van der Waals surface area contributed by atoms with E-state index in [1.54, 1.807) is 0 Å². The van der Waals surface area contributed by atoms with Gasteiger partial charge in [-0.3, -0.25) is 10.1 Å². The molecule has 132 valence electrons. The molecule has 0 radical (unpaired) electrons. The van der Waals surface area contributed by atoms with Crippen LogP contribution in [0, 0.1) is 0 Å². The zero-order valence-corrected chi connectivity index (χ0v) is 13.9. The Hall–Kier alpha value is -2.17. The zero-order valence-electron chi connectivity index (χ0n) is 13.1. The van der Waals surface area contributed by atoms with Gasteiger partial charge in [0, 0.05) is 13.1 Å². The number of hydrogen-bond acceptors (Lipinski definition) is 6. The average molecular weight is 357 g/mol. The molecule has 2 rings (SSSR count). The highest BCUT2D eigenvalue weighted by Gasteiger charge is 2.26. The number of sulfonamides is 1. The van der Waals surface area contributed by atoms with Crippen LogP contribution in [0.25, 0.3) is 0 Å². The lowest BCUT2D eigenvalue weighted by molar-refractivity contribution is -0.126. The number of urea groups is 1. The van der Waals surface area contributed by atoms with E-state index in [0.29, 0.717) is 32.1 Å². The van der Waals surface area contributed by atoms with Gasteiger partial charge in [0.1, 0.15) is 5.75 Å². The van der Waals surface area contributed by atoms with E-state index in [2.05, 4.69) is 0 Å². The first-order valence-corrected chi connectivity index (χ1v) is 8.69. The molecule has 0 unspecified atom stereocenters. The molecule has 1 fully saturated rings. The second-order valence-electron chi connectivity index (χ2n) is 5.10. The Balaban J connectivity index is 2.04. The molecule has 9 nitrogen and oxygen atoms in total. The number of carbonyl (C=O) groups excluding carboxylic acids is 2. The normalized spacial score (nSPS) is 17.0. The molecule has 10 heteroatoms. The van der Waals surface area contributed by atoms with E-state index in [-0.39, 0.29) is 4.90 Å². The zero-order chi connectivity index (χ0) is 17.7. The number of benzene rings is 1. The molecule has 1 saturated heterocycles. The first-order valence-electron chi connectivity index (χ1n) is 7.25. The highest BCUT2D eigenvalue weighted by molar-refractivity contribution is 7.89. The van der Waals surface area contributed by atoms with Crippen LogP contribution in [0.15, 0.2) is 29.2 Å². The summed E-state index contributed by atoms with van der Waals surface area (Å²) in [5.74, 6) is -0.393. The molecule has 1 aliphatic rings. The number of primary amides is 1. The van der Waals surface area contributed by atoms with E-state index < -0.39 is 28.1 Å². The Bertz CT molecular complexity index is 698. The van der Waals surface area contributed by atoms with Gasteiger partial charge in [0.15, 0.2) is 6.10 Å². The Morgan fingerprint density at radius 1 is 1.25 bits per heavy atom. The summed E-state index contributed by atoms with van der Waals surface area (Å²) >= 11 is 0. The summed E-state index contributed by atoms with van der Waals surface area (Å²) in [7, 11) is -3.58. The minimum atomic E-state index is -3.58. The van der Waals surface area contributed by atoms with Crippen molar-refractivity contribution in [2.75, 3.05) is 26.3 Å². The molecule has 1 heterocycles. The maximum absolute atomic E-state index is 12.5. The molecule has 1 aromatic carbocycles. The summed E-state index contributed by atoms with van der Waals surface area (Å²) in [6, 6.07) is 4.72. The number of rotatable bonds is 5. The van der Waals surface area contributed by atoms with Crippen molar-refractivity contribution in [2.45, 2.75) is 17.9 Å². The number of nitrogens with two attached hydrogens (primary N) is 1. The van der Waals surface area contributed by atoms with Gasteiger partial charge in [-0.2, -0.15) is 4.31 Å². The fourth-order valence-electron chi connectivity index (χ4n) is 2.11. The van der Waals surface area contributed by atoms with Crippen molar-refractivity contribution in [3.63, 3.8) is 0 Å². The Morgan fingerprint density at radius 2 is 1.83 bits per heavy atom. The quantitative estimate of drug-likeness (QED) is 0.742. The molecule has 0 aliphatic carbocycles. The van der Waals surface area contributed by atoms with E-state index in [9.17, 15) is 18.0 Å². The van der Waals surface area contributed by atoms with E-state index in [0.717, 1.165) is 0 Å². The van der Waals surface area contributed by atoms with Crippen molar-refractivity contribution >= 4 is 22.0 Å². The molecule has 0 saturated carbocycles. The van der Waals surface area contributed by atoms with Crippen LogP contribution < -0.4 is 15.8 Å². The van der Waals surface area contributed by atoms with Crippen LogP contribution >= 0.6 is 0 Å². The van der Waals surface area contributed by atoms with Gasteiger partial charge < -0.3 is 15.2 Å². The van der Waals surface area contributed by atoms with Gasteiger partial charge >= 0.3 is 6.03 Å². The maximum Gasteiger partial charge on any atom is 0.318 e. The van der Waals surface area contributed by atoms with Gasteiger partial charge in [-0.15, -0.1) is 0 Å². The van der Waals surface area contributed by atoms with Crippen molar-refractivity contribution in [3.05, 3.63) is 24.3 Å². The molecule has 1 aromatic rings. The highest BCUT2D eigenvalue weighted by Crippen LogP contribution is 2.21. The number of carbonyl (C=O) groups is 2. The molecule has 3 amide bonds. The van der Waals surface area contributed by atoms with Crippen LogP contribution in [0.5, 0.6) is 5.75 Å². The van der Waals surface area contributed by atoms with E-state index in [4.69, 9.17) is 15.2 Å². The first kappa shape index (κ1) is 18.2. The van der Waals surface area contributed by atoms with Crippen molar-refractivity contribution in [1.29, 1.82) is 0 Å². The molecular formula is C14H19N3O6S. The highest BCUT2D eigenvalue weighted by atomic mass is 32.2. The molecule has 1 aliphatic heterocycles. The van der Waals surface area contributed by atoms with Gasteiger partial charge in [-0.25, -0.2) is 13.2 Å². The fraction of sp³-hybridized carbons (Fsp3) is 0.429. The predicted octanol–water partition coefficient (Wildman–Crippen LogP) is -0.330. The first-order chi connectivity index (χ1) is 11.3. The van der Waals surface area contributed by atoms with E-state index in [1.165, 1.54) is 35.5 Å². The number of nitrogens with one attached hydrogen (secondary N) is 1. The fourth-order valence-corrected chi connectivity index (χ4v) is 3.51. The SMILES string of the molecule is C[C@@H](Oc1ccc(S(=O)(=O)N2CCOCC2)cc1)C(=O)NC(N)=O. The lowest BCUT2D eigenvalue weighted by Crippen LogP contribution is -2.42.